The van der Waals surface area contributed by atoms with Crippen LogP contribution in [0.15, 0.2) is 0 Å². The Morgan fingerprint density at radius 2 is 2.00 bits per heavy atom. The molecule has 1 N–H and O–H groups in total. The lowest BCUT2D eigenvalue weighted by Gasteiger charge is -1.85. The van der Waals surface area contributed by atoms with E-state index in [1.807, 2.05) is 6.92 Å². The highest BCUT2D eigenvalue weighted by molar-refractivity contribution is 7.99. The molecule has 1 aliphatic rings. The number of aliphatic carboxylic acids is 1. The molecule has 1 heterocycles. The summed E-state index contributed by atoms with van der Waals surface area (Å²) in [5.41, 5.74) is 0. The van der Waals surface area contributed by atoms with Crippen LogP contribution in [0, 0.1) is 0 Å². The third kappa shape index (κ3) is 9.82. The molecule has 0 saturated carbocycles. The summed E-state index contributed by atoms with van der Waals surface area (Å²) in [5, 5.41) is 8.04. The lowest BCUT2D eigenvalue weighted by molar-refractivity contribution is -0.137. The van der Waals surface area contributed by atoms with Crippen molar-refractivity contribution in [1.29, 1.82) is 0 Å². The highest BCUT2D eigenvalue weighted by Crippen LogP contribution is 2.14. The molecule has 1 saturated heterocycles. The van der Waals surface area contributed by atoms with Gasteiger partial charge in [0.25, 0.3) is 0 Å². The Kier molecular flexibility index (Phi) is 8.78. The zero-order valence-electron chi connectivity index (χ0n) is 7.71. The molecule has 0 spiro atoms. The van der Waals surface area contributed by atoms with Crippen LogP contribution in [0.1, 0.15) is 39.0 Å². The van der Waals surface area contributed by atoms with E-state index in [2.05, 4.69) is 11.8 Å². The molecule has 72 valence electrons. The van der Waals surface area contributed by atoms with Crippen LogP contribution < -0.4 is 0 Å². The van der Waals surface area contributed by atoms with Gasteiger partial charge in [0.1, 0.15) is 0 Å². The van der Waals surface area contributed by atoms with Crippen LogP contribution in [0.3, 0.4) is 0 Å². The molecule has 0 radical (unpaired) electrons. The van der Waals surface area contributed by atoms with Gasteiger partial charge in [-0.1, -0.05) is 13.3 Å². The van der Waals surface area contributed by atoms with Crippen LogP contribution in [-0.2, 0) is 4.79 Å². The van der Waals surface area contributed by atoms with E-state index in [0.717, 1.165) is 12.8 Å². The largest absolute Gasteiger partial charge is 0.481 e. The molecule has 0 amide bonds. The molecule has 3 heteroatoms. The van der Waals surface area contributed by atoms with Gasteiger partial charge in [0, 0.05) is 6.42 Å². The fourth-order valence-electron chi connectivity index (χ4n) is 0.838. The minimum atomic E-state index is -0.693. The van der Waals surface area contributed by atoms with Gasteiger partial charge in [-0.3, -0.25) is 4.79 Å². The van der Waals surface area contributed by atoms with Crippen molar-refractivity contribution in [2.45, 2.75) is 39.0 Å². The maximum Gasteiger partial charge on any atom is 0.303 e. The molecule has 12 heavy (non-hydrogen) atoms. The number of carboxylic acids is 1. The molecule has 0 bridgehead atoms. The first-order chi connectivity index (χ1) is 5.77. The van der Waals surface area contributed by atoms with Crippen molar-refractivity contribution in [1.82, 2.24) is 0 Å². The monoisotopic (exact) mass is 190 g/mol. The average molecular weight is 190 g/mol. The van der Waals surface area contributed by atoms with Gasteiger partial charge in [-0.2, -0.15) is 11.8 Å². The molecule has 2 nitrogen and oxygen atoms in total. The molecule has 0 unspecified atom stereocenters. The standard InChI is InChI=1S/C5H10O2.C4H8S/c1-2-3-4-5(6)7;1-2-4-5-3-1/h2-4H2,1H3,(H,6,7);1-4H2. The van der Waals surface area contributed by atoms with Gasteiger partial charge in [-0.25, -0.2) is 0 Å². The Hall–Kier alpha value is -0.180. The molecule has 1 aliphatic heterocycles. The lowest BCUT2D eigenvalue weighted by Crippen LogP contribution is -1.91. The van der Waals surface area contributed by atoms with Gasteiger partial charge in [0.2, 0.25) is 0 Å². The van der Waals surface area contributed by atoms with Gasteiger partial charge >= 0.3 is 5.97 Å². The predicted octanol–water partition coefficient (Wildman–Crippen LogP) is 2.77. The number of rotatable bonds is 3. The number of carbonyl (C=O) groups is 1. The van der Waals surface area contributed by atoms with Gasteiger partial charge in [0.05, 0.1) is 0 Å². The number of hydrogen-bond acceptors (Lipinski definition) is 2. The number of hydrogen-bond donors (Lipinski definition) is 1. The van der Waals surface area contributed by atoms with Crippen LogP contribution >= 0.6 is 11.8 Å². The highest BCUT2D eigenvalue weighted by atomic mass is 32.2. The molecule has 0 aromatic heterocycles. The summed E-state index contributed by atoms with van der Waals surface area (Å²) in [6.07, 6.45) is 5.01. The SMILES string of the molecule is C1CCSC1.CCCCC(=O)O. The highest BCUT2D eigenvalue weighted by Gasteiger charge is 1.95. The lowest BCUT2D eigenvalue weighted by atomic mass is 10.3. The summed E-state index contributed by atoms with van der Waals surface area (Å²) < 4.78 is 0. The molecular formula is C9H18O2S. The Morgan fingerprint density at radius 1 is 1.42 bits per heavy atom. The third-order valence-corrected chi connectivity index (χ3v) is 2.73. The smallest absolute Gasteiger partial charge is 0.303 e. The predicted molar refractivity (Wildman–Crippen MR) is 53.7 cm³/mol. The second-order valence-electron chi connectivity index (χ2n) is 2.82. The van der Waals surface area contributed by atoms with E-state index in [9.17, 15) is 4.79 Å². The fraction of sp³-hybridized carbons (Fsp3) is 0.889. The van der Waals surface area contributed by atoms with E-state index >= 15 is 0 Å². The minimum Gasteiger partial charge on any atom is -0.481 e. The summed E-state index contributed by atoms with van der Waals surface area (Å²) in [5.74, 6) is 2.14. The zero-order chi connectivity index (χ0) is 9.23. The van der Waals surface area contributed by atoms with Crippen molar-refractivity contribution in [3.05, 3.63) is 0 Å². The van der Waals surface area contributed by atoms with E-state index < -0.39 is 5.97 Å². The van der Waals surface area contributed by atoms with Crippen molar-refractivity contribution >= 4 is 17.7 Å². The Morgan fingerprint density at radius 3 is 2.17 bits per heavy atom. The first-order valence-corrected chi connectivity index (χ1v) is 5.72. The van der Waals surface area contributed by atoms with E-state index in [1.54, 1.807) is 0 Å². The Balaban J connectivity index is 0.000000211. The first kappa shape index (κ1) is 11.8. The molecule has 1 fully saturated rings. The summed E-state index contributed by atoms with van der Waals surface area (Å²) in [6, 6.07) is 0. The van der Waals surface area contributed by atoms with Gasteiger partial charge < -0.3 is 5.11 Å². The van der Waals surface area contributed by atoms with Crippen molar-refractivity contribution < 1.29 is 9.90 Å². The van der Waals surface area contributed by atoms with E-state index in [1.165, 1.54) is 24.3 Å². The maximum atomic E-state index is 9.76. The first-order valence-electron chi connectivity index (χ1n) is 4.57. The van der Waals surface area contributed by atoms with Crippen molar-refractivity contribution in [3.8, 4) is 0 Å². The third-order valence-electron chi connectivity index (χ3n) is 1.57. The molecule has 0 atom stereocenters. The summed E-state index contributed by atoms with van der Waals surface area (Å²) in [7, 11) is 0. The topological polar surface area (TPSA) is 37.3 Å². The van der Waals surface area contributed by atoms with Crippen molar-refractivity contribution in [3.63, 3.8) is 0 Å². The number of thioether (sulfide) groups is 1. The average Bonchev–Trinajstić information content (AvgIpc) is 2.57. The Labute approximate surface area is 78.7 Å². The van der Waals surface area contributed by atoms with Crippen LogP contribution in [0.2, 0.25) is 0 Å². The quantitative estimate of drug-likeness (QED) is 0.743. The van der Waals surface area contributed by atoms with Crippen molar-refractivity contribution in [2.75, 3.05) is 11.5 Å². The molecular weight excluding hydrogens is 172 g/mol. The minimum absolute atomic E-state index is 0.316. The van der Waals surface area contributed by atoms with E-state index in [-0.39, 0.29) is 0 Å². The Bertz CT molecular complexity index is 103. The number of unbranched alkanes of at least 4 members (excludes halogenated alkanes) is 1. The maximum absolute atomic E-state index is 9.76. The molecule has 0 aromatic carbocycles. The molecule has 1 rings (SSSR count). The second kappa shape index (κ2) is 8.91. The van der Waals surface area contributed by atoms with Gasteiger partial charge in [0.15, 0.2) is 0 Å². The van der Waals surface area contributed by atoms with Gasteiger partial charge in [-0.15, -0.1) is 0 Å². The second-order valence-corrected chi connectivity index (χ2v) is 4.04. The van der Waals surface area contributed by atoms with Crippen molar-refractivity contribution in [2.24, 2.45) is 0 Å². The van der Waals surface area contributed by atoms with Crippen LogP contribution in [0.25, 0.3) is 0 Å². The van der Waals surface area contributed by atoms with Crippen LogP contribution in [0.5, 0.6) is 0 Å². The summed E-state index contributed by atoms with van der Waals surface area (Å²) >= 11 is 2.07. The fourth-order valence-corrected chi connectivity index (χ4v) is 1.86. The summed E-state index contributed by atoms with van der Waals surface area (Å²) in [6.45, 7) is 1.98. The van der Waals surface area contributed by atoms with E-state index in [0.29, 0.717) is 6.42 Å². The normalized spacial score (nSPS) is 15.1. The van der Waals surface area contributed by atoms with E-state index in [4.69, 9.17) is 5.11 Å². The molecule has 0 aliphatic carbocycles. The summed E-state index contributed by atoms with van der Waals surface area (Å²) in [4.78, 5) is 9.76. The number of carboxylic acid groups (broad SMARTS) is 1. The zero-order valence-corrected chi connectivity index (χ0v) is 8.53. The van der Waals surface area contributed by atoms with Crippen LogP contribution in [0.4, 0.5) is 0 Å². The molecule has 0 aromatic rings. The van der Waals surface area contributed by atoms with Crippen LogP contribution in [-0.4, -0.2) is 22.6 Å². The van der Waals surface area contributed by atoms with Gasteiger partial charge in [-0.05, 0) is 30.8 Å².